The van der Waals surface area contributed by atoms with Crippen LogP contribution in [0.2, 0.25) is 10.0 Å². The van der Waals surface area contributed by atoms with Crippen LogP contribution in [0.15, 0.2) is 60.8 Å². The largest absolute Gasteiger partial charge is 0.508 e. The first kappa shape index (κ1) is 28.3. The van der Waals surface area contributed by atoms with Crippen LogP contribution in [-0.4, -0.2) is 20.6 Å². The maximum Gasteiger partial charge on any atom is 0.223 e. The van der Waals surface area contributed by atoms with Crippen molar-refractivity contribution in [1.29, 1.82) is 0 Å². The number of phenols is 1. The molecule has 1 aliphatic rings. The molecule has 1 atom stereocenters. The summed E-state index contributed by atoms with van der Waals surface area (Å²) >= 11 is 12.7. The molecule has 1 heterocycles. The zero-order chi connectivity index (χ0) is 27.1. The number of hydrogen-bond acceptors (Lipinski definition) is 3. The van der Waals surface area contributed by atoms with Crippen LogP contribution in [0.25, 0.3) is 11.3 Å². The van der Waals surface area contributed by atoms with Crippen LogP contribution in [-0.2, 0) is 17.8 Å². The van der Waals surface area contributed by atoms with E-state index >= 15 is 0 Å². The van der Waals surface area contributed by atoms with Gasteiger partial charge >= 0.3 is 0 Å². The minimum atomic E-state index is -0.342. The molecule has 1 saturated carbocycles. The number of aromatic hydroxyl groups is 1. The van der Waals surface area contributed by atoms with Crippen LogP contribution in [0.3, 0.4) is 0 Å². The van der Waals surface area contributed by atoms with E-state index in [4.69, 9.17) is 28.2 Å². The highest BCUT2D eigenvalue weighted by molar-refractivity contribution is 6.36. The van der Waals surface area contributed by atoms with E-state index < -0.39 is 0 Å². The summed E-state index contributed by atoms with van der Waals surface area (Å²) in [5.41, 5.74) is 2.54. The standard InChI is InChI=1S/C31H37Cl2N3O2/c1-3-5-6-17-36-20-29(26-16-13-24(32)19-27(26)33)34-30(36)28(18-22-9-14-25(37)15-10-22)35-31(38)23-11-7-21(4-2)8-12-23/h5-6,9-10,13-16,19-21,23,28,37H,3-4,7-8,11-12,17-18H2,1-2H3,(H,35,38)/t21?,23?,28-/m0/s1. The molecule has 3 aromatic rings. The van der Waals surface area contributed by atoms with Gasteiger partial charge in [0.15, 0.2) is 0 Å². The first-order valence-electron chi connectivity index (χ1n) is 13.6. The minimum Gasteiger partial charge on any atom is -0.508 e. The molecule has 38 heavy (non-hydrogen) atoms. The minimum absolute atomic E-state index is 0.0219. The third-order valence-electron chi connectivity index (χ3n) is 7.52. The van der Waals surface area contributed by atoms with Gasteiger partial charge in [0.2, 0.25) is 5.91 Å². The fraction of sp³-hybridized carbons (Fsp3) is 0.419. The Morgan fingerprint density at radius 1 is 1.11 bits per heavy atom. The molecule has 0 radical (unpaired) electrons. The molecular formula is C31H37Cl2N3O2. The first-order valence-corrected chi connectivity index (χ1v) is 14.4. The fourth-order valence-corrected chi connectivity index (χ4v) is 5.74. The third-order valence-corrected chi connectivity index (χ3v) is 8.07. The summed E-state index contributed by atoms with van der Waals surface area (Å²) in [6, 6.07) is 12.2. The molecule has 0 unspecified atom stereocenters. The number of phenolic OH excluding ortho intramolecular Hbond substituents is 1. The first-order chi connectivity index (χ1) is 18.4. The summed E-state index contributed by atoms with van der Waals surface area (Å²) < 4.78 is 2.09. The van der Waals surface area contributed by atoms with Crippen LogP contribution < -0.4 is 5.32 Å². The molecule has 7 heteroatoms. The highest BCUT2D eigenvalue weighted by Crippen LogP contribution is 2.33. The molecule has 2 aromatic carbocycles. The molecule has 0 bridgehead atoms. The van der Waals surface area contributed by atoms with Crippen molar-refractivity contribution in [2.75, 3.05) is 0 Å². The lowest BCUT2D eigenvalue weighted by Crippen LogP contribution is -2.37. The van der Waals surface area contributed by atoms with E-state index in [2.05, 4.69) is 35.9 Å². The monoisotopic (exact) mass is 553 g/mol. The van der Waals surface area contributed by atoms with Gasteiger partial charge in [0.1, 0.15) is 11.6 Å². The van der Waals surface area contributed by atoms with Gasteiger partial charge in [-0.05, 0) is 80.3 Å². The van der Waals surface area contributed by atoms with Gasteiger partial charge < -0.3 is 15.0 Å². The number of halogens is 2. The Hall–Kier alpha value is -2.76. The molecule has 0 spiro atoms. The highest BCUT2D eigenvalue weighted by Gasteiger charge is 2.29. The van der Waals surface area contributed by atoms with Gasteiger partial charge in [0, 0.05) is 29.2 Å². The molecule has 202 valence electrons. The van der Waals surface area contributed by atoms with Gasteiger partial charge in [-0.25, -0.2) is 4.98 Å². The smallest absolute Gasteiger partial charge is 0.223 e. The topological polar surface area (TPSA) is 67.2 Å². The Bertz CT molecular complexity index is 1240. The normalized spacial score (nSPS) is 18.5. The number of rotatable bonds is 10. The zero-order valence-corrected chi connectivity index (χ0v) is 23.7. The average molecular weight is 555 g/mol. The third kappa shape index (κ3) is 7.21. The van der Waals surface area contributed by atoms with E-state index in [-0.39, 0.29) is 23.6 Å². The molecule has 0 aliphatic heterocycles. The van der Waals surface area contributed by atoms with Crippen LogP contribution in [0.1, 0.15) is 69.8 Å². The Labute approximate surface area is 235 Å². The summed E-state index contributed by atoms with van der Waals surface area (Å²) in [7, 11) is 0. The fourth-order valence-electron chi connectivity index (χ4n) is 5.23. The second-order valence-electron chi connectivity index (χ2n) is 10.2. The van der Waals surface area contributed by atoms with Crippen molar-refractivity contribution in [3.8, 4) is 17.0 Å². The Morgan fingerprint density at radius 2 is 1.84 bits per heavy atom. The number of hydrogen-bond donors (Lipinski definition) is 2. The number of imidazole rings is 1. The lowest BCUT2D eigenvalue weighted by atomic mass is 9.80. The van der Waals surface area contributed by atoms with Gasteiger partial charge in [-0.15, -0.1) is 0 Å². The quantitative estimate of drug-likeness (QED) is 0.249. The number of aromatic nitrogens is 2. The lowest BCUT2D eigenvalue weighted by Gasteiger charge is -2.29. The number of carbonyl (C=O) groups excluding carboxylic acids is 1. The Kier molecular flexibility index (Phi) is 9.92. The number of nitrogens with one attached hydrogen (secondary N) is 1. The number of benzene rings is 2. The molecule has 1 aromatic heterocycles. The van der Waals surface area contributed by atoms with Crippen molar-refractivity contribution in [2.45, 2.75) is 71.4 Å². The van der Waals surface area contributed by atoms with Crippen LogP contribution in [0.4, 0.5) is 0 Å². The maximum atomic E-state index is 13.5. The molecule has 2 N–H and O–H groups in total. The molecule has 1 aliphatic carbocycles. The van der Waals surface area contributed by atoms with Crippen molar-refractivity contribution >= 4 is 29.1 Å². The highest BCUT2D eigenvalue weighted by atomic mass is 35.5. The molecule has 4 rings (SSSR count). The van der Waals surface area contributed by atoms with E-state index in [9.17, 15) is 9.90 Å². The summed E-state index contributed by atoms with van der Waals surface area (Å²) in [6.45, 7) is 4.96. The summed E-state index contributed by atoms with van der Waals surface area (Å²) in [4.78, 5) is 18.5. The van der Waals surface area contributed by atoms with Crippen molar-refractivity contribution in [1.82, 2.24) is 14.9 Å². The second kappa shape index (κ2) is 13.3. The Balaban J connectivity index is 1.69. The van der Waals surface area contributed by atoms with E-state index in [1.165, 1.54) is 6.42 Å². The van der Waals surface area contributed by atoms with Crippen molar-refractivity contribution in [3.63, 3.8) is 0 Å². The van der Waals surface area contributed by atoms with E-state index in [0.29, 0.717) is 23.0 Å². The summed E-state index contributed by atoms with van der Waals surface area (Å²) in [6.07, 6.45) is 13.0. The van der Waals surface area contributed by atoms with Crippen LogP contribution in [0, 0.1) is 11.8 Å². The number of nitrogens with zero attached hydrogens (tertiary/aromatic N) is 2. The zero-order valence-electron chi connectivity index (χ0n) is 22.2. The number of carbonyl (C=O) groups is 1. The van der Waals surface area contributed by atoms with E-state index in [1.807, 2.05) is 24.4 Å². The van der Waals surface area contributed by atoms with Gasteiger partial charge in [0.05, 0.1) is 16.8 Å². The summed E-state index contributed by atoms with van der Waals surface area (Å²) in [5.74, 6) is 1.83. The van der Waals surface area contributed by atoms with E-state index in [0.717, 1.165) is 60.7 Å². The predicted octanol–water partition coefficient (Wildman–Crippen LogP) is 8.15. The lowest BCUT2D eigenvalue weighted by molar-refractivity contribution is -0.127. The number of allylic oxidation sites excluding steroid dienone is 2. The summed E-state index contributed by atoms with van der Waals surface area (Å²) in [5, 5.41) is 14.2. The molecule has 0 saturated heterocycles. The predicted molar refractivity (Wildman–Crippen MR) is 156 cm³/mol. The van der Waals surface area contributed by atoms with E-state index in [1.54, 1.807) is 24.3 Å². The van der Waals surface area contributed by atoms with Crippen molar-refractivity contribution in [2.24, 2.45) is 11.8 Å². The average Bonchev–Trinajstić information content (AvgIpc) is 3.33. The van der Waals surface area contributed by atoms with Crippen molar-refractivity contribution in [3.05, 3.63) is 82.2 Å². The maximum absolute atomic E-state index is 13.5. The molecule has 1 amide bonds. The van der Waals surface area contributed by atoms with Gasteiger partial charge in [-0.2, -0.15) is 0 Å². The van der Waals surface area contributed by atoms with Crippen LogP contribution in [0.5, 0.6) is 5.75 Å². The van der Waals surface area contributed by atoms with Crippen molar-refractivity contribution < 1.29 is 9.90 Å². The van der Waals surface area contributed by atoms with Crippen LogP contribution >= 0.6 is 23.2 Å². The van der Waals surface area contributed by atoms with Gasteiger partial charge in [-0.3, -0.25) is 4.79 Å². The van der Waals surface area contributed by atoms with Gasteiger partial charge in [-0.1, -0.05) is 67.8 Å². The SMILES string of the molecule is CCC=CCn1cc(-c2ccc(Cl)cc2Cl)nc1[C@H](Cc1ccc(O)cc1)NC(=O)C1CCC(CC)CC1. The number of amides is 1. The Morgan fingerprint density at radius 3 is 2.50 bits per heavy atom. The molecule has 5 nitrogen and oxygen atoms in total. The molecule has 1 fully saturated rings. The molecular weight excluding hydrogens is 517 g/mol. The second-order valence-corrected chi connectivity index (χ2v) is 11.0. The van der Waals surface area contributed by atoms with Gasteiger partial charge in [0.25, 0.3) is 0 Å².